The first-order valence-electron chi connectivity index (χ1n) is 6.90. The fourth-order valence-corrected chi connectivity index (χ4v) is 2.41. The summed E-state index contributed by atoms with van der Waals surface area (Å²) in [6.07, 6.45) is 9.39. The molecule has 1 saturated carbocycles. The number of rotatable bonds is 4. The molecule has 0 aromatic heterocycles. The van der Waals surface area contributed by atoms with E-state index >= 15 is 0 Å². The van der Waals surface area contributed by atoms with Crippen molar-refractivity contribution in [2.24, 2.45) is 0 Å². The van der Waals surface area contributed by atoms with Crippen LogP contribution in [0.1, 0.15) is 37.7 Å². The summed E-state index contributed by atoms with van der Waals surface area (Å²) in [5.41, 5.74) is 0.971. The van der Waals surface area contributed by atoms with Crippen molar-refractivity contribution in [3.05, 3.63) is 35.9 Å². The van der Waals surface area contributed by atoms with E-state index in [9.17, 15) is 4.79 Å². The highest BCUT2D eigenvalue weighted by Gasteiger charge is 2.13. The van der Waals surface area contributed by atoms with Crippen molar-refractivity contribution in [1.29, 1.82) is 0 Å². The third kappa shape index (κ3) is 4.43. The highest BCUT2D eigenvalue weighted by Crippen LogP contribution is 2.17. The van der Waals surface area contributed by atoms with Crippen LogP contribution in [-0.4, -0.2) is 19.1 Å². The lowest BCUT2D eigenvalue weighted by atomic mass is 9.95. The zero-order chi connectivity index (χ0) is 13.5. The van der Waals surface area contributed by atoms with Crippen LogP contribution in [0.2, 0.25) is 0 Å². The van der Waals surface area contributed by atoms with Gasteiger partial charge in [0.1, 0.15) is 5.75 Å². The van der Waals surface area contributed by atoms with E-state index in [0.29, 0.717) is 6.04 Å². The van der Waals surface area contributed by atoms with Crippen molar-refractivity contribution in [3.8, 4) is 5.75 Å². The van der Waals surface area contributed by atoms with Gasteiger partial charge in [0.2, 0.25) is 5.91 Å². The topological polar surface area (TPSA) is 38.3 Å². The van der Waals surface area contributed by atoms with Gasteiger partial charge in [-0.15, -0.1) is 0 Å². The van der Waals surface area contributed by atoms with Gasteiger partial charge in [-0.25, -0.2) is 0 Å². The molecule has 0 saturated heterocycles. The first-order chi connectivity index (χ1) is 9.28. The molecule has 0 unspecified atom stereocenters. The highest BCUT2D eigenvalue weighted by atomic mass is 16.5. The van der Waals surface area contributed by atoms with E-state index in [0.717, 1.165) is 24.2 Å². The molecule has 1 fully saturated rings. The molecule has 0 radical (unpaired) electrons. The van der Waals surface area contributed by atoms with E-state index in [1.807, 2.05) is 30.3 Å². The van der Waals surface area contributed by atoms with Gasteiger partial charge < -0.3 is 10.1 Å². The van der Waals surface area contributed by atoms with Crippen LogP contribution in [0.5, 0.6) is 5.75 Å². The summed E-state index contributed by atoms with van der Waals surface area (Å²) >= 11 is 0. The van der Waals surface area contributed by atoms with Crippen LogP contribution in [0.25, 0.3) is 6.08 Å². The van der Waals surface area contributed by atoms with Gasteiger partial charge in [0.25, 0.3) is 0 Å². The molecule has 1 aromatic carbocycles. The van der Waals surface area contributed by atoms with Gasteiger partial charge in [0.15, 0.2) is 0 Å². The zero-order valence-corrected chi connectivity index (χ0v) is 11.4. The minimum absolute atomic E-state index is 0.00489. The molecule has 1 amide bonds. The lowest BCUT2D eigenvalue weighted by Gasteiger charge is -2.21. The van der Waals surface area contributed by atoms with Crippen LogP contribution in [0.4, 0.5) is 0 Å². The first kappa shape index (κ1) is 13.7. The molecule has 3 nitrogen and oxygen atoms in total. The third-order valence-electron chi connectivity index (χ3n) is 3.47. The largest absolute Gasteiger partial charge is 0.497 e. The Hall–Kier alpha value is -1.77. The van der Waals surface area contributed by atoms with E-state index in [-0.39, 0.29) is 5.91 Å². The number of nitrogens with one attached hydrogen (secondary N) is 1. The Bertz CT molecular complexity index is 448. The van der Waals surface area contributed by atoms with Gasteiger partial charge in [0, 0.05) is 12.1 Å². The van der Waals surface area contributed by atoms with Gasteiger partial charge >= 0.3 is 0 Å². The average Bonchev–Trinajstić information content (AvgIpc) is 2.46. The lowest BCUT2D eigenvalue weighted by Crippen LogP contribution is -2.34. The van der Waals surface area contributed by atoms with Gasteiger partial charge in [-0.05, 0) is 36.6 Å². The zero-order valence-electron chi connectivity index (χ0n) is 11.4. The number of hydrogen-bond acceptors (Lipinski definition) is 2. The predicted octanol–water partition coefficient (Wildman–Crippen LogP) is 3.16. The van der Waals surface area contributed by atoms with Gasteiger partial charge in [-0.2, -0.15) is 0 Å². The molecule has 0 aliphatic heterocycles. The van der Waals surface area contributed by atoms with Crippen LogP contribution in [-0.2, 0) is 4.79 Å². The predicted molar refractivity (Wildman–Crippen MR) is 77.0 cm³/mol. The minimum Gasteiger partial charge on any atom is -0.497 e. The van der Waals surface area contributed by atoms with Crippen LogP contribution in [0.3, 0.4) is 0 Å². The fourth-order valence-electron chi connectivity index (χ4n) is 2.41. The summed E-state index contributed by atoms with van der Waals surface area (Å²) in [4.78, 5) is 11.8. The molecule has 1 aromatic rings. The van der Waals surface area contributed by atoms with Gasteiger partial charge in [0.05, 0.1) is 7.11 Å². The first-order valence-corrected chi connectivity index (χ1v) is 6.90. The van der Waals surface area contributed by atoms with Crippen molar-refractivity contribution in [2.45, 2.75) is 38.1 Å². The van der Waals surface area contributed by atoms with E-state index in [1.165, 1.54) is 19.3 Å². The lowest BCUT2D eigenvalue weighted by molar-refractivity contribution is -0.117. The molecule has 2 rings (SSSR count). The number of carbonyl (C=O) groups excluding carboxylic acids is 1. The molecule has 3 heteroatoms. The smallest absolute Gasteiger partial charge is 0.244 e. The summed E-state index contributed by atoms with van der Waals surface area (Å²) in [6, 6.07) is 8.02. The molecule has 0 spiro atoms. The number of methoxy groups -OCH3 is 1. The number of amides is 1. The van der Waals surface area contributed by atoms with Crippen molar-refractivity contribution >= 4 is 12.0 Å². The molecule has 0 bridgehead atoms. The molecule has 0 heterocycles. The number of carbonyl (C=O) groups is 1. The maximum atomic E-state index is 11.8. The van der Waals surface area contributed by atoms with Crippen LogP contribution < -0.4 is 10.1 Å². The summed E-state index contributed by atoms with van der Waals surface area (Å²) in [6.45, 7) is 0. The second-order valence-electron chi connectivity index (χ2n) is 4.95. The maximum absolute atomic E-state index is 11.8. The summed E-state index contributed by atoms with van der Waals surface area (Å²) in [7, 11) is 1.64. The molecule has 1 aliphatic rings. The molecule has 1 aliphatic carbocycles. The Morgan fingerprint density at radius 3 is 2.84 bits per heavy atom. The number of benzene rings is 1. The Labute approximate surface area is 114 Å². The monoisotopic (exact) mass is 259 g/mol. The van der Waals surface area contributed by atoms with E-state index < -0.39 is 0 Å². The Kier molecular flexibility index (Phi) is 5.01. The maximum Gasteiger partial charge on any atom is 0.244 e. The van der Waals surface area contributed by atoms with Crippen molar-refractivity contribution in [1.82, 2.24) is 5.32 Å². The second-order valence-corrected chi connectivity index (χ2v) is 4.95. The highest BCUT2D eigenvalue weighted by molar-refractivity contribution is 5.91. The van der Waals surface area contributed by atoms with E-state index in [1.54, 1.807) is 13.2 Å². The summed E-state index contributed by atoms with van der Waals surface area (Å²) in [5, 5.41) is 3.06. The summed E-state index contributed by atoms with van der Waals surface area (Å²) < 4.78 is 5.15. The molecule has 0 atom stereocenters. The quantitative estimate of drug-likeness (QED) is 0.843. The molecular weight excluding hydrogens is 238 g/mol. The molecule has 1 N–H and O–H groups in total. The normalized spacial score (nSPS) is 16.5. The minimum atomic E-state index is -0.00489. The van der Waals surface area contributed by atoms with E-state index in [4.69, 9.17) is 4.74 Å². The van der Waals surface area contributed by atoms with Crippen LogP contribution >= 0.6 is 0 Å². The van der Waals surface area contributed by atoms with Crippen molar-refractivity contribution in [2.75, 3.05) is 7.11 Å². The molecule has 102 valence electrons. The molecular formula is C16H21NO2. The van der Waals surface area contributed by atoms with Crippen LogP contribution in [0, 0.1) is 0 Å². The third-order valence-corrected chi connectivity index (χ3v) is 3.47. The SMILES string of the molecule is COc1cccc(C=CC(=O)NC2CCCCC2)c1. The Morgan fingerprint density at radius 1 is 1.32 bits per heavy atom. The molecule has 19 heavy (non-hydrogen) atoms. The Morgan fingerprint density at radius 2 is 2.11 bits per heavy atom. The number of hydrogen-bond donors (Lipinski definition) is 1. The van der Waals surface area contributed by atoms with Crippen molar-refractivity contribution in [3.63, 3.8) is 0 Å². The number of ether oxygens (including phenoxy) is 1. The average molecular weight is 259 g/mol. The van der Waals surface area contributed by atoms with E-state index in [2.05, 4.69) is 5.32 Å². The fraction of sp³-hybridized carbons (Fsp3) is 0.438. The van der Waals surface area contributed by atoms with Crippen molar-refractivity contribution < 1.29 is 9.53 Å². The summed E-state index contributed by atoms with van der Waals surface area (Å²) in [5.74, 6) is 0.796. The van der Waals surface area contributed by atoms with Crippen LogP contribution in [0.15, 0.2) is 30.3 Å². The van der Waals surface area contributed by atoms with Gasteiger partial charge in [-0.1, -0.05) is 31.4 Å². The standard InChI is InChI=1S/C16H21NO2/c1-19-15-9-5-6-13(12-15)10-11-16(18)17-14-7-3-2-4-8-14/h5-6,9-12,14H,2-4,7-8H2,1H3,(H,17,18). The second kappa shape index (κ2) is 6.98. The van der Waals surface area contributed by atoms with Gasteiger partial charge in [-0.3, -0.25) is 4.79 Å². The Balaban J connectivity index is 1.88.